The predicted octanol–water partition coefficient (Wildman–Crippen LogP) is 3.04. The third kappa shape index (κ3) is 5.65. The van der Waals surface area contributed by atoms with Gasteiger partial charge in [0.25, 0.3) is 5.91 Å². The van der Waals surface area contributed by atoms with Crippen LogP contribution < -0.4 is 10.2 Å². The lowest BCUT2D eigenvalue weighted by Gasteiger charge is -2.34. The van der Waals surface area contributed by atoms with E-state index in [2.05, 4.69) is 29.1 Å². The molecule has 1 aliphatic heterocycles. The molecule has 2 aliphatic rings. The van der Waals surface area contributed by atoms with E-state index in [4.69, 9.17) is 0 Å². The first kappa shape index (κ1) is 25.6. The minimum Gasteiger partial charge on any atom is -0.391 e. The lowest BCUT2D eigenvalue weighted by atomic mass is 9.94. The monoisotopic (exact) mass is 490 g/mol. The van der Waals surface area contributed by atoms with Gasteiger partial charge in [-0.3, -0.25) is 24.4 Å². The Morgan fingerprint density at radius 1 is 1.17 bits per heavy atom. The number of carbonyl (C=O) groups is 2. The molecule has 3 atom stereocenters. The second kappa shape index (κ2) is 11.5. The summed E-state index contributed by atoms with van der Waals surface area (Å²) in [6.07, 6.45) is 11.3. The Labute approximate surface area is 212 Å². The highest BCUT2D eigenvalue weighted by molar-refractivity contribution is 6.03. The van der Waals surface area contributed by atoms with Gasteiger partial charge in [-0.25, -0.2) is 4.98 Å². The Hall–Kier alpha value is -3.51. The molecule has 1 saturated carbocycles. The van der Waals surface area contributed by atoms with Crippen LogP contribution in [0, 0.1) is 11.5 Å². The summed E-state index contributed by atoms with van der Waals surface area (Å²) < 4.78 is 0. The van der Waals surface area contributed by atoms with Crippen LogP contribution >= 0.6 is 0 Å². The van der Waals surface area contributed by atoms with Crippen LogP contribution in [0.5, 0.6) is 0 Å². The molecule has 9 nitrogen and oxygen atoms in total. The average Bonchev–Trinajstić information content (AvgIpc) is 3.28. The van der Waals surface area contributed by atoms with Crippen molar-refractivity contribution in [2.45, 2.75) is 82.5 Å². The van der Waals surface area contributed by atoms with Gasteiger partial charge < -0.3 is 10.4 Å². The van der Waals surface area contributed by atoms with E-state index in [-0.39, 0.29) is 30.8 Å². The van der Waals surface area contributed by atoms with E-state index in [0.29, 0.717) is 11.4 Å². The number of hydrogen-bond donors (Lipinski definition) is 2. The number of β-amino-alcohol motifs (C(OH)–C–C–N with tert-alkyl or cyclic N) is 1. The van der Waals surface area contributed by atoms with Crippen LogP contribution in [0.25, 0.3) is 0 Å². The van der Waals surface area contributed by atoms with E-state index >= 15 is 0 Å². The molecule has 0 radical (unpaired) electrons. The number of aliphatic hydroxyl groups is 1. The summed E-state index contributed by atoms with van der Waals surface area (Å²) in [7, 11) is 0. The Balaban J connectivity index is 1.77. The van der Waals surface area contributed by atoms with Crippen LogP contribution in [0.4, 0.5) is 5.82 Å². The molecule has 2 amide bonds. The summed E-state index contributed by atoms with van der Waals surface area (Å²) in [6, 6.07) is 5.27. The smallest absolute Gasteiger partial charge is 0.252 e. The molecule has 1 unspecified atom stereocenters. The Bertz CT molecular complexity index is 1080. The molecule has 36 heavy (non-hydrogen) atoms. The molecule has 0 bridgehead atoms. The van der Waals surface area contributed by atoms with Gasteiger partial charge in [0.1, 0.15) is 17.9 Å². The number of nitriles is 1. The van der Waals surface area contributed by atoms with Crippen molar-refractivity contribution in [2.24, 2.45) is 0 Å². The first-order valence-electron chi connectivity index (χ1n) is 12.7. The van der Waals surface area contributed by atoms with Gasteiger partial charge in [-0.2, -0.15) is 5.26 Å². The van der Waals surface area contributed by atoms with E-state index in [9.17, 15) is 20.0 Å². The largest absolute Gasteiger partial charge is 0.391 e. The molecule has 9 heteroatoms. The molecule has 2 N–H and O–H groups in total. The normalized spacial score (nSPS) is 21.1. The molecular weight excluding hydrogens is 456 g/mol. The highest BCUT2D eigenvalue weighted by Crippen LogP contribution is 2.31. The standard InChI is InChI=1S/C27H34N6O3/c1-18(2)19-10-11-24(30-15-19)33(27(36)23-13-22(34)16-32(23)17-28)25(20-7-6-12-29-14-20)26(35)31-21-8-4-3-5-9-21/h6-7,10-12,14-15,18,21-23,25,34H,3-5,8-9,13,16H2,1-2H3,(H,31,35)/t22-,23-,25?/m1/s1. The molecule has 2 fully saturated rings. The van der Waals surface area contributed by atoms with Gasteiger partial charge in [0.15, 0.2) is 6.19 Å². The topological polar surface area (TPSA) is 122 Å². The van der Waals surface area contributed by atoms with Gasteiger partial charge in [-0.1, -0.05) is 45.2 Å². The lowest BCUT2D eigenvalue weighted by Crippen LogP contribution is -2.52. The zero-order valence-electron chi connectivity index (χ0n) is 20.9. The van der Waals surface area contributed by atoms with Crippen molar-refractivity contribution in [3.8, 4) is 6.19 Å². The predicted molar refractivity (Wildman–Crippen MR) is 135 cm³/mol. The Morgan fingerprint density at radius 3 is 2.56 bits per heavy atom. The summed E-state index contributed by atoms with van der Waals surface area (Å²) in [6.45, 7) is 4.19. The number of pyridine rings is 2. The molecule has 3 heterocycles. The molecule has 0 aromatic carbocycles. The van der Waals surface area contributed by atoms with Gasteiger partial charge in [0, 0.05) is 36.6 Å². The van der Waals surface area contributed by atoms with Crippen molar-refractivity contribution in [1.29, 1.82) is 5.26 Å². The lowest BCUT2D eigenvalue weighted by molar-refractivity contribution is -0.128. The van der Waals surface area contributed by atoms with Crippen LogP contribution in [0.3, 0.4) is 0 Å². The molecule has 1 aliphatic carbocycles. The van der Waals surface area contributed by atoms with Crippen LogP contribution in [0.15, 0.2) is 42.9 Å². The maximum atomic E-state index is 14.1. The summed E-state index contributed by atoms with van der Waals surface area (Å²) >= 11 is 0. The zero-order valence-corrected chi connectivity index (χ0v) is 20.9. The highest BCUT2D eigenvalue weighted by atomic mass is 16.3. The van der Waals surface area contributed by atoms with E-state index in [1.807, 2.05) is 12.3 Å². The van der Waals surface area contributed by atoms with Crippen molar-refractivity contribution in [3.63, 3.8) is 0 Å². The van der Waals surface area contributed by atoms with Gasteiger partial charge in [-0.15, -0.1) is 0 Å². The molecule has 190 valence electrons. The summed E-state index contributed by atoms with van der Waals surface area (Å²) in [4.78, 5) is 39.4. The summed E-state index contributed by atoms with van der Waals surface area (Å²) in [5.74, 6) is -0.194. The fourth-order valence-electron chi connectivity index (χ4n) is 5.06. The Kier molecular flexibility index (Phi) is 8.16. The maximum Gasteiger partial charge on any atom is 0.252 e. The molecule has 4 rings (SSSR count). The summed E-state index contributed by atoms with van der Waals surface area (Å²) in [5.41, 5.74) is 1.56. The number of rotatable bonds is 7. The van der Waals surface area contributed by atoms with Gasteiger partial charge in [0.05, 0.1) is 12.6 Å². The van der Waals surface area contributed by atoms with Crippen LogP contribution in [-0.4, -0.2) is 56.5 Å². The van der Waals surface area contributed by atoms with Crippen molar-refractivity contribution in [1.82, 2.24) is 20.2 Å². The second-order valence-corrected chi connectivity index (χ2v) is 10.0. The number of anilines is 1. The number of aliphatic hydroxyl groups excluding tert-OH is 1. The number of nitrogens with one attached hydrogen (secondary N) is 1. The van der Waals surface area contributed by atoms with E-state index in [0.717, 1.165) is 37.7 Å². The highest BCUT2D eigenvalue weighted by Gasteiger charge is 2.43. The van der Waals surface area contributed by atoms with E-state index in [1.54, 1.807) is 36.8 Å². The van der Waals surface area contributed by atoms with Crippen LogP contribution in [-0.2, 0) is 9.59 Å². The number of aromatic nitrogens is 2. The minimum atomic E-state index is -1.02. The van der Waals surface area contributed by atoms with Crippen molar-refractivity contribution < 1.29 is 14.7 Å². The van der Waals surface area contributed by atoms with Gasteiger partial charge in [-0.05, 0) is 36.5 Å². The van der Waals surface area contributed by atoms with E-state index in [1.165, 1.54) is 9.80 Å². The fraction of sp³-hybridized carbons (Fsp3) is 0.519. The second-order valence-electron chi connectivity index (χ2n) is 10.0. The van der Waals surface area contributed by atoms with Crippen molar-refractivity contribution in [3.05, 3.63) is 54.0 Å². The minimum absolute atomic E-state index is 0.0440. The first-order chi connectivity index (χ1) is 17.4. The number of hydrogen-bond acceptors (Lipinski definition) is 7. The number of likely N-dealkylation sites (tertiary alicyclic amines) is 1. The average molecular weight is 491 g/mol. The SMILES string of the molecule is CC(C)c1ccc(N(C(=O)[C@H]2C[C@@H](O)CN2C#N)C(C(=O)NC2CCCCC2)c2cccnc2)nc1. The maximum absolute atomic E-state index is 14.1. The number of carbonyl (C=O) groups excluding carboxylic acids is 2. The third-order valence-electron chi connectivity index (χ3n) is 7.07. The zero-order chi connectivity index (χ0) is 25.7. The Morgan fingerprint density at radius 2 is 1.94 bits per heavy atom. The number of nitrogens with zero attached hydrogens (tertiary/aromatic N) is 5. The molecular formula is C27H34N6O3. The van der Waals surface area contributed by atoms with Crippen LogP contribution in [0.1, 0.15) is 75.5 Å². The van der Waals surface area contributed by atoms with Crippen molar-refractivity contribution in [2.75, 3.05) is 11.4 Å². The first-order valence-corrected chi connectivity index (χ1v) is 12.7. The van der Waals surface area contributed by atoms with E-state index < -0.39 is 24.1 Å². The molecule has 2 aromatic heterocycles. The quantitative estimate of drug-likeness (QED) is 0.572. The van der Waals surface area contributed by atoms with Gasteiger partial charge >= 0.3 is 0 Å². The van der Waals surface area contributed by atoms with Gasteiger partial charge in [0.2, 0.25) is 5.91 Å². The third-order valence-corrected chi connectivity index (χ3v) is 7.07. The molecule has 2 aromatic rings. The summed E-state index contributed by atoms with van der Waals surface area (Å²) in [5, 5.41) is 23.0. The molecule has 1 saturated heterocycles. The fourth-order valence-corrected chi connectivity index (χ4v) is 5.06. The molecule has 0 spiro atoms. The number of amides is 2. The van der Waals surface area contributed by atoms with Crippen molar-refractivity contribution >= 4 is 17.6 Å². The van der Waals surface area contributed by atoms with Crippen LogP contribution in [0.2, 0.25) is 0 Å².